The van der Waals surface area contributed by atoms with Crippen LogP contribution in [0.5, 0.6) is 0 Å². The second-order valence-corrected chi connectivity index (χ2v) is 8.61. The fourth-order valence-corrected chi connectivity index (χ4v) is 4.43. The quantitative estimate of drug-likeness (QED) is 0.370. The molecule has 4 aromatic rings. The number of carbonyl (C=O) groups is 1. The third kappa shape index (κ3) is 4.61. The van der Waals surface area contributed by atoms with E-state index in [2.05, 4.69) is 30.5 Å². The Morgan fingerprint density at radius 3 is 2.97 bits per heavy atom. The number of tetrazole rings is 1. The van der Waals surface area contributed by atoms with Crippen LogP contribution in [0.3, 0.4) is 0 Å². The summed E-state index contributed by atoms with van der Waals surface area (Å²) in [6.07, 6.45) is 0.538. The molecule has 0 bridgehead atoms. The van der Waals surface area contributed by atoms with Gasteiger partial charge in [-0.1, -0.05) is 24.3 Å². The van der Waals surface area contributed by atoms with Crippen molar-refractivity contribution >= 4 is 17.0 Å². The molecule has 0 spiro atoms. The lowest BCUT2D eigenvalue weighted by molar-refractivity contribution is -0.131. The first-order valence-corrected chi connectivity index (χ1v) is 11.1. The van der Waals surface area contributed by atoms with Crippen molar-refractivity contribution in [3.05, 3.63) is 64.1 Å². The van der Waals surface area contributed by atoms with E-state index in [-0.39, 0.29) is 24.5 Å². The van der Waals surface area contributed by atoms with Crippen LogP contribution in [0.1, 0.15) is 23.6 Å². The molecule has 1 fully saturated rings. The summed E-state index contributed by atoms with van der Waals surface area (Å²) in [4.78, 5) is 31.3. The number of β-amino-alcohol motifs (C(OH)–C–C–N with tert-alkyl or cyclic N) is 1. The van der Waals surface area contributed by atoms with Gasteiger partial charge in [-0.3, -0.25) is 14.7 Å². The normalized spacial score (nSPS) is 17.3. The number of amides is 1. The molecular formula is C23H25N7O4. The van der Waals surface area contributed by atoms with Gasteiger partial charge in [0.2, 0.25) is 11.7 Å². The molecule has 5 rings (SSSR count). The number of hydrogen-bond acceptors (Lipinski definition) is 8. The van der Waals surface area contributed by atoms with E-state index >= 15 is 0 Å². The molecule has 11 heteroatoms. The molecule has 1 aliphatic heterocycles. The van der Waals surface area contributed by atoms with Gasteiger partial charge in [0.15, 0.2) is 5.58 Å². The Kier molecular flexibility index (Phi) is 5.95. The van der Waals surface area contributed by atoms with Gasteiger partial charge in [-0.25, -0.2) is 4.79 Å². The number of nitrogens with one attached hydrogen (secondary N) is 2. The van der Waals surface area contributed by atoms with Gasteiger partial charge in [0, 0.05) is 32.2 Å². The van der Waals surface area contributed by atoms with E-state index in [4.69, 9.17) is 4.42 Å². The number of hydrogen-bond donors (Lipinski definition) is 3. The monoisotopic (exact) mass is 463 g/mol. The molecule has 2 aromatic carbocycles. The molecule has 2 atom stereocenters. The molecule has 1 saturated heterocycles. The van der Waals surface area contributed by atoms with E-state index < -0.39 is 5.76 Å². The number of carbonyl (C=O) groups excluding carboxylic acids is 1. The molecule has 0 radical (unpaired) electrons. The first kappa shape index (κ1) is 22.0. The lowest BCUT2D eigenvalue weighted by Crippen LogP contribution is -2.39. The summed E-state index contributed by atoms with van der Waals surface area (Å²) < 4.78 is 5.05. The zero-order chi connectivity index (χ0) is 23.7. The van der Waals surface area contributed by atoms with Gasteiger partial charge in [-0.15, -0.1) is 10.2 Å². The van der Waals surface area contributed by atoms with Gasteiger partial charge in [0.05, 0.1) is 24.1 Å². The fraction of sp³-hybridized carbons (Fsp3) is 0.348. The highest BCUT2D eigenvalue weighted by Crippen LogP contribution is 2.27. The fourth-order valence-electron chi connectivity index (χ4n) is 4.43. The summed E-state index contributed by atoms with van der Waals surface area (Å²) in [5, 5.41) is 24.2. The Morgan fingerprint density at radius 1 is 1.32 bits per heavy atom. The highest BCUT2D eigenvalue weighted by atomic mass is 16.4. The molecule has 34 heavy (non-hydrogen) atoms. The Hall–Kier alpha value is -3.83. The van der Waals surface area contributed by atoms with Crippen LogP contribution >= 0.6 is 0 Å². The molecule has 0 saturated carbocycles. The number of aliphatic hydroxyl groups excluding tert-OH is 1. The number of benzene rings is 2. The lowest BCUT2D eigenvalue weighted by atomic mass is 10.0. The number of aromatic nitrogens is 5. The van der Waals surface area contributed by atoms with E-state index in [1.54, 1.807) is 30.1 Å². The largest absolute Gasteiger partial charge is 0.417 e. The maximum Gasteiger partial charge on any atom is 0.417 e. The standard InChI is InChI=1S/C23H25N7O4/c1-29(21(32)10-14-5-6-20-18(9-14)24-23(33)34-20)19(13-30-8-7-17(31)12-30)15-3-2-4-16(11-15)22-25-27-28-26-22/h2-6,9,11,17,19,31H,7-8,10,12-13H2,1H3,(H,24,33)(H,25,26,27,28)/t17-,19+/m0/s1. The van der Waals surface area contributed by atoms with Gasteiger partial charge in [-0.2, -0.15) is 5.21 Å². The van der Waals surface area contributed by atoms with Gasteiger partial charge < -0.3 is 14.4 Å². The molecule has 3 heterocycles. The van der Waals surface area contributed by atoms with Crippen LogP contribution in [0.2, 0.25) is 0 Å². The predicted molar refractivity (Wildman–Crippen MR) is 123 cm³/mol. The van der Waals surface area contributed by atoms with Crippen LogP contribution in [-0.2, 0) is 11.2 Å². The molecule has 176 valence electrons. The zero-order valence-corrected chi connectivity index (χ0v) is 18.6. The Morgan fingerprint density at radius 2 is 2.21 bits per heavy atom. The molecule has 2 aromatic heterocycles. The van der Waals surface area contributed by atoms with Crippen LogP contribution in [0, 0.1) is 0 Å². The van der Waals surface area contributed by atoms with Gasteiger partial charge >= 0.3 is 5.76 Å². The topological polar surface area (TPSA) is 144 Å². The Bertz CT molecular complexity index is 1350. The van der Waals surface area contributed by atoms with Crippen molar-refractivity contribution in [3.8, 4) is 11.4 Å². The van der Waals surface area contributed by atoms with Gasteiger partial charge in [0.25, 0.3) is 0 Å². The summed E-state index contributed by atoms with van der Waals surface area (Å²) in [5.41, 5.74) is 3.53. The number of fused-ring (bicyclic) bond motifs is 1. The van der Waals surface area contributed by atoms with Crippen molar-refractivity contribution in [1.82, 2.24) is 35.4 Å². The van der Waals surface area contributed by atoms with Crippen LogP contribution in [0.15, 0.2) is 51.7 Å². The zero-order valence-electron chi connectivity index (χ0n) is 18.6. The minimum absolute atomic E-state index is 0.0695. The predicted octanol–water partition coefficient (Wildman–Crippen LogP) is 1.11. The number of nitrogens with zero attached hydrogens (tertiary/aromatic N) is 5. The number of likely N-dealkylation sites (tertiary alicyclic amines) is 1. The molecule has 1 amide bonds. The first-order valence-electron chi connectivity index (χ1n) is 11.1. The average Bonchev–Trinajstić information content (AvgIpc) is 3.57. The van der Waals surface area contributed by atoms with Crippen molar-refractivity contribution in [2.45, 2.75) is 25.0 Å². The molecular weight excluding hydrogens is 438 g/mol. The minimum atomic E-state index is -0.523. The highest BCUT2D eigenvalue weighted by molar-refractivity contribution is 5.81. The summed E-state index contributed by atoms with van der Waals surface area (Å²) in [7, 11) is 1.79. The maximum atomic E-state index is 13.3. The average molecular weight is 463 g/mol. The maximum absolute atomic E-state index is 13.3. The smallest absolute Gasteiger partial charge is 0.408 e. The molecule has 3 N–H and O–H groups in total. The third-order valence-electron chi connectivity index (χ3n) is 6.25. The Labute approximate surface area is 194 Å². The molecule has 0 aliphatic carbocycles. The number of rotatable bonds is 7. The van der Waals surface area contributed by atoms with Crippen LogP contribution in [0.25, 0.3) is 22.5 Å². The third-order valence-corrected chi connectivity index (χ3v) is 6.25. The summed E-state index contributed by atoms with van der Waals surface area (Å²) in [6, 6.07) is 12.7. The SMILES string of the molecule is CN(C(=O)Cc1ccc2oc(=O)[nH]c2c1)[C@H](CN1CC[C@H](O)C1)c1cccc(-c2nn[nH]n2)c1. The van der Waals surface area contributed by atoms with E-state index in [9.17, 15) is 14.7 Å². The molecule has 0 unspecified atom stereocenters. The summed E-state index contributed by atoms with van der Waals surface area (Å²) in [6.45, 7) is 1.94. The number of aliphatic hydroxyl groups is 1. The number of oxazole rings is 1. The van der Waals surface area contributed by atoms with Crippen LogP contribution < -0.4 is 5.76 Å². The molecule has 1 aliphatic rings. The Balaban J connectivity index is 1.41. The van der Waals surface area contributed by atoms with Gasteiger partial charge in [-0.05, 0) is 41.0 Å². The van der Waals surface area contributed by atoms with E-state index in [0.29, 0.717) is 30.0 Å². The van der Waals surface area contributed by atoms with Crippen molar-refractivity contribution in [3.63, 3.8) is 0 Å². The first-order chi connectivity index (χ1) is 16.5. The van der Waals surface area contributed by atoms with Crippen LogP contribution in [0.4, 0.5) is 0 Å². The minimum Gasteiger partial charge on any atom is -0.408 e. The highest BCUT2D eigenvalue weighted by Gasteiger charge is 2.28. The van der Waals surface area contributed by atoms with Crippen LogP contribution in [-0.4, -0.2) is 79.2 Å². The molecule has 11 nitrogen and oxygen atoms in total. The number of H-pyrrole nitrogens is 2. The van der Waals surface area contributed by atoms with Gasteiger partial charge in [0.1, 0.15) is 0 Å². The van der Waals surface area contributed by atoms with Crippen molar-refractivity contribution in [2.24, 2.45) is 0 Å². The second kappa shape index (κ2) is 9.20. The van der Waals surface area contributed by atoms with E-state index in [1.807, 2.05) is 24.3 Å². The summed E-state index contributed by atoms with van der Waals surface area (Å²) >= 11 is 0. The van der Waals surface area contributed by atoms with Crippen molar-refractivity contribution in [1.29, 1.82) is 0 Å². The number of likely N-dealkylation sites (N-methyl/N-ethyl adjacent to an activating group) is 1. The van der Waals surface area contributed by atoms with Crippen molar-refractivity contribution in [2.75, 3.05) is 26.7 Å². The van der Waals surface area contributed by atoms with Crippen molar-refractivity contribution < 1.29 is 14.3 Å². The number of aromatic amines is 2. The van der Waals surface area contributed by atoms with E-state index in [1.165, 1.54) is 0 Å². The lowest BCUT2D eigenvalue weighted by Gasteiger charge is -2.32. The second-order valence-electron chi connectivity index (χ2n) is 8.61. The summed E-state index contributed by atoms with van der Waals surface area (Å²) in [5.74, 6) is -0.113. The van der Waals surface area contributed by atoms with E-state index in [0.717, 1.165) is 29.7 Å².